The Bertz CT molecular complexity index is 122. The highest BCUT2D eigenvalue weighted by Crippen LogP contribution is 2.25. The zero-order chi connectivity index (χ0) is 7.98. The summed E-state index contributed by atoms with van der Waals surface area (Å²) in [7, 11) is -2.27. The van der Waals surface area contributed by atoms with Crippen LogP contribution in [-0.4, -0.2) is 12.7 Å². The molecule has 0 aromatic carbocycles. The molecule has 0 fully saturated rings. The van der Waals surface area contributed by atoms with Crippen LogP contribution in [0.4, 0.5) is 0 Å². The fraction of sp³-hybridized carbons (Fsp3) is 0.667. The molecule has 0 bridgehead atoms. The third kappa shape index (κ3) is 6.02. The zero-order valence-corrected chi connectivity index (χ0v) is 7.29. The van der Waals surface area contributed by atoms with Gasteiger partial charge in [-0.05, 0) is 13.8 Å². The van der Waals surface area contributed by atoms with E-state index in [-0.39, 0.29) is 12.7 Å². The Hall–Kier alpha value is -0.110. The van der Waals surface area contributed by atoms with Crippen molar-refractivity contribution in [1.82, 2.24) is 0 Å². The minimum absolute atomic E-state index is 0.0452. The van der Waals surface area contributed by atoms with E-state index in [0.29, 0.717) is 0 Å². The maximum Gasteiger partial charge on any atom is 0.319 e. The SMILES string of the molecule is C=CCO[PH](=O)OC(C)C. The summed E-state index contributed by atoms with van der Waals surface area (Å²) in [5.41, 5.74) is 0. The van der Waals surface area contributed by atoms with Gasteiger partial charge in [-0.1, -0.05) is 6.08 Å². The number of hydrogen-bond acceptors (Lipinski definition) is 3. The van der Waals surface area contributed by atoms with Crippen molar-refractivity contribution in [3.8, 4) is 0 Å². The summed E-state index contributed by atoms with van der Waals surface area (Å²) in [5, 5.41) is 0. The molecule has 0 aromatic heterocycles. The summed E-state index contributed by atoms with van der Waals surface area (Å²) in [6.45, 7) is 7.30. The van der Waals surface area contributed by atoms with Crippen molar-refractivity contribution in [3.05, 3.63) is 12.7 Å². The molecule has 0 radical (unpaired) electrons. The lowest BCUT2D eigenvalue weighted by Gasteiger charge is -2.05. The van der Waals surface area contributed by atoms with Gasteiger partial charge in [-0.2, -0.15) is 0 Å². The molecule has 0 aromatic rings. The molecular formula is C6H13O3P. The first-order valence-corrected chi connectivity index (χ1v) is 4.33. The predicted octanol–water partition coefficient (Wildman–Crippen LogP) is 2.00. The second-order valence-corrected chi connectivity index (χ2v) is 3.04. The van der Waals surface area contributed by atoms with Gasteiger partial charge < -0.3 is 9.05 Å². The summed E-state index contributed by atoms with van der Waals surface area (Å²) in [4.78, 5) is 0. The van der Waals surface area contributed by atoms with Gasteiger partial charge >= 0.3 is 8.25 Å². The van der Waals surface area contributed by atoms with Crippen LogP contribution in [0, 0.1) is 0 Å². The second-order valence-electron chi connectivity index (χ2n) is 2.02. The van der Waals surface area contributed by atoms with Crippen LogP contribution in [0.5, 0.6) is 0 Å². The van der Waals surface area contributed by atoms with E-state index in [1.165, 1.54) is 6.08 Å². The molecule has 0 spiro atoms. The lowest BCUT2D eigenvalue weighted by atomic mass is 10.5. The Morgan fingerprint density at radius 2 is 2.30 bits per heavy atom. The van der Waals surface area contributed by atoms with Crippen molar-refractivity contribution in [2.24, 2.45) is 0 Å². The molecule has 0 amide bonds. The normalized spacial score (nSPS) is 13.5. The summed E-state index contributed by atoms with van der Waals surface area (Å²) in [6.07, 6.45) is 1.49. The fourth-order valence-electron chi connectivity index (χ4n) is 0.353. The smallest absolute Gasteiger partial charge is 0.308 e. The Morgan fingerprint density at radius 3 is 2.70 bits per heavy atom. The van der Waals surface area contributed by atoms with Crippen molar-refractivity contribution < 1.29 is 13.6 Å². The van der Waals surface area contributed by atoms with Gasteiger partial charge in [-0.15, -0.1) is 6.58 Å². The third-order valence-corrected chi connectivity index (χ3v) is 1.72. The summed E-state index contributed by atoms with van der Waals surface area (Å²) >= 11 is 0. The van der Waals surface area contributed by atoms with E-state index in [0.717, 1.165) is 0 Å². The van der Waals surface area contributed by atoms with Gasteiger partial charge in [0.05, 0.1) is 12.7 Å². The average Bonchev–Trinajstić information content (AvgIpc) is 1.82. The van der Waals surface area contributed by atoms with Gasteiger partial charge in [-0.25, -0.2) is 0 Å². The predicted molar refractivity (Wildman–Crippen MR) is 41.4 cm³/mol. The Kier molecular flexibility index (Phi) is 5.60. The second kappa shape index (κ2) is 5.66. The van der Waals surface area contributed by atoms with Crippen LogP contribution >= 0.6 is 8.25 Å². The highest BCUT2D eigenvalue weighted by molar-refractivity contribution is 7.33. The van der Waals surface area contributed by atoms with Crippen molar-refractivity contribution in [2.45, 2.75) is 20.0 Å². The van der Waals surface area contributed by atoms with Crippen LogP contribution < -0.4 is 0 Å². The molecule has 1 unspecified atom stereocenters. The molecule has 0 saturated carbocycles. The van der Waals surface area contributed by atoms with Gasteiger partial charge in [0.15, 0.2) is 0 Å². The molecule has 0 saturated heterocycles. The molecule has 1 atom stereocenters. The van der Waals surface area contributed by atoms with Gasteiger partial charge in [0.25, 0.3) is 0 Å². The zero-order valence-electron chi connectivity index (χ0n) is 6.29. The van der Waals surface area contributed by atoms with Crippen LogP contribution in [0.25, 0.3) is 0 Å². The van der Waals surface area contributed by atoms with E-state index in [2.05, 4.69) is 6.58 Å². The maximum atomic E-state index is 10.7. The summed E-state index contributed by atoms with van der Waals surface area (Å²) in [5.74, 6) is 0. The van der Waals surface area contributed by atoms with Crippen LogP contribution in [0.3, 0.4) is 0 Å². The summed E-state index contributed by atoms with van der Waals surface area (Å²) in [6, 6.07) is 0. The molecule has 0 N–H and O–H groups in total. The van der Waals surface area contributed by atoms with Crippen LogP contribution in [-0.2, 0) is 13.6 Å². The van der Waals surface area contributed by atoms with Crippen molar-refractivity contribution in [3.63, 3.8) is 0 Å². The quantitative estimate of drug-likeness (QED) is 0.460. The molecule has 0 heterocycles. The lowest BCUT2D eigenvalue weighted by molar-refractivity contribution is 0.197. The minimum atomic E-state index is -2.27. The first-order chi connectivity index (χ1) is 4.66. The average molecular weight is 164 g/mol. The third-order valence-electron chi connectivity index (χ3n) is 0.651. The van der Waals surface area contributed by atoms with Gasteiger partial charge in [-0.3, -0.25) is 4.57 Å². The van der Waals surface area contributed by atoms with Crippen LogP contribution in [0.2, 0.25) is 0 Å². The molecule has 3 nitrogen and oxygen atoms in total. The molecule has 60 valence electrons. The summed E-state index contributed by atoms with van der Waals surface area (Å²) < 4.78 is 20.2. The van der Waals surface area contributed by atoms with Gasteiger partial charge in [0.1, 0.15) is 0 Å². The molecule has 0 rings (SSSR count). The van der Waals surface area contributed by atoms with Crippen molar-refractivity contribution in [1.29, 1.82) is 0 Å². The molecule has 4 heteroatoms. The Labute approximate surface area is 62.0 Å². The van der Waals surface area contributed by atoms with Crippen molar-refractivity contribution in [2.75, 3.05) is 6.61 Å². The number of hydrogen-bond donors (Lipinski definition) is 0. The van der Waals surface area contributed by atoms with E-state index in [4.69, 9.17) is 9.05 Å². The van der Waals surface area contributed by atoms with Gasteiger partial charge in [0.2, 0.25) is 0 Å². The van der Waals surface area contributed by atoms with Crippen LogP contribution in [0.15, 0.2) is 12.7 Å². The molecule has 0 aliphatic carbocycles. The standard InChI is InChI=1S/C6H13O3P/c1-4-5-8-10(7)9-6(2)3/h4,6,10H,1,5H2,2-3H3. The van der Waals surface area contributed by atoms with E-state index < -0.39 is 8.25 Å². The minimum Gasteiger partial charge on any atom is -0.308 e. The highest BCUT2D eigenvalue weighted by Gasteiger charge is 1.99. The first-order valence-electron chi connectivity index (χ1n) is 3.11. The van der Waals surface area contributed by atoms with Gasteiger partial charge in [0, 0.05) is 0 Å². The topological polar surface area (TPSA) is 35.5 Å². The monoisotopic (exact) mass is 164 g/mol. The van der Waals surface area contributed by atoms with E-state index >= 15 is 0 Å². The van der Waals surface area contributed by atoms with Crippen molar-refractivity contribution >= 4 is 8.25 Å². The Morgan fingerprint density at radius 1 is 1.70 bits per heavy atom. The molecule has 0 aliphatic heterocycles. The first kappa shape index (κ1) is 9.89. The van der Waals surface area contributed by atoms with E-state index in [9.17, 15) is 4.57 Å². The largest absolute Gasteiger partial charge is 0.319 e. The fourth-order valence-corrected chi connectivity index (χ4v) is 1.06. The maximum absolute atomic E-state index is 10.7. The Balaban J connectivity index is 3.34. The number of rotatable bonds is 5. The lowest BCUT2D eigenvalue weighted by Crippen LogP contribution is -1.95. The highest BCUT2D eigenvalue weighted by atomic mass is 31.1. The van der Waals surface area contributed by atoms with Crippen LogP contribution in [0.1, 0.15) is 13.8 Å². The van der Waals surface area contributed by atoms with E-state index in [1.54, 1.807) is 13.8 Å². The molecular weight excluding hydrogens is 151 g/mol. The molecule has 0 aliphatic rings. The molecule has 10 heavy (non-hydrogen) atoms. The van der Waals surface area contributed by atoms with E-state index in [1.807, 2.05) is 0 Å².